The lowest BCUT2D eigenvalue weighted by molar-refractivity contribution is 0.112. The topological polar surface area (TPSA) is 26.3 Å². The van der Waals surface area contributed by atoms with E-state index in [0.29, 0.717) is 22.9 Å². The van der Waals surface area contributed by atoms with Crippen molar-refractivity contribution in [2.75, 3.05) is 6.61 Å². The minimum absolute atomic E-state index is 0.428. The first kappa shape index (κ1) is 11.8. The Kier molecular flexibility index (Phi) is 3.92. The molecule has 0 aliphatic rings. The molecule has 0 spiro atoms. The predicted octanol–water partition coefficient (Wildman–Crippen LogP) is 3.33. The van der Waals surface area contributed by atoms with Crippen LogP contribution in [0.4, 0.5) is 0 Å². The van der Waals surface area contributed by atoms with Gasteiger partial charge in [0.15, 0.2) is 6.29 Å². The van der Waals surface area contributed by atoms with Gasteiger partial charge in [-0.3, -0.25) is 4.79 Å². The van der Waals surface area contributed by atoms with Crippen molar-refractivity contribution in [1.82, 2.24) is 0 Å². The second-order valence-corrected chi connectivity index (χ2v) is 3.64. The van der Waals surface area contributed by atoms with Crippen molar-refractivity contribution in [2.24, 2.45) is 0 Å². The van der Waals surface area contributed by atoms with Crippen LogP contribution in [0.15, 0.2) is 18.7 Å². The molecule has 0 atom stereocenters. The monoisotopic (exact) mass is 224 g/mol. The van der Waals surface area contributed by atoms with Crippen molar-refractivity contribution in [3.8, 4) is 5.75 Å². The van der Waals surface area contributed by atoms with Gasteiger partial charge in [-0.1, -0.05) is 24.3 Å². The largest absolute Gasteiger partial charge is 0.489 e. The van der Waals surface area contributed by atoms with Crippen molar-refractivity contribution in [1.29, 1.82) is 0 Å². The van der Waals surface area contributed by atoms with Gasteiger partial charge in [-0.25, -0.2) is 0 Å². The summed E-state index contributed by atoms with van der Waals surface area (Å²) in [6.45, 7) is 7.65. The van der Waals surface area contributed by atoms with Gasteiger partial charge < -0.3 is 4.74 Å². The number of hydrogen-bond donors (Lipinski definition) is 0. The van der Waals surface area contributed by atoms with Crippen molar-refractivity contribution in [2.45, 2.75) is 13.8 Å². The number of ether oxygens (including phenoxy) is 1. The summed E-state index contributed by atoms with van der Waals surface area (Å²) in [5.74, 6) is 0.697. The molecule has 0 heterocycles. The summed E-state index contributed by atoms with van der Waals surface area (Å²) in [6, 6.07) is 1.81. The fourth-order valence-electron chi connectivity index (χ4n) is 1.31. The number of benzene rings is 1. The van der Waals surface area contributed by atoms with E-state index in [1.54, 1.807) is 6.08 Å². The van der Waals surface area contributed by atoms with E-state index in [2.05, 4.69) is 6.58 Å². The quantitative estimate of drug-likeness (QED) is 0.579. The van der Waals surface area contributed by atoms with Crippen LogP contribution in [0, 0.1) is 13.8 Å². The standard InChI is InChI=1S/C12H13ClO2/c1-4-5-15-11-6-8(2)10(7-14)12(13)9(11)3/h4,6-7H,1,5H2,2-3H3. The fraction of sp³-hybridized carbons (Fsp3) is 0.250. The highest BCUT2D eigenvalue weighted by atomic mass is 35.5. The molecule has 0 saturated carbocycles. The highest BCUT2D eigenvalue weighted by molar-refractivity contribution is 6.34. The highest BCUT2D eigenvalue weighted by Crippen LogP contribution is 2.31. The SMILES string of the molecule is C=CCOc1cc(C)c(C=O)c(Cl)c1C. The first-order chi connectivity index (χ1) is 7.11. The van der Waals surface area contributed by atoms with Crippen molar-refractivity contribution in [3.63, 3.8) is 0 Å². The predicted molar refractivity (Wildman–Crippen MR) is 62.0 cm³/mol. The number of aldehydes is 1. The number of carbonyl (C=O) groups is 1. The Morgan fingerprint density at radius 3 is 2.73 bits per heavy atom. The third-order valence-corrected chi connectivity index (χ3v) is 2.67. The number of aryl methyl sites for hydroxylation is 1. The first-order valence-electron chi connectivity index (χ1n) is 4.60. The van der Waals surface area contributed by atoms with E-state index < -0.39 is 0 Å². The van der Waals surface area contributed by atoms with Crippen LogP contribution in [-0.4, -0.2) is 12.9 Å². The summed E-state index contributed by atoms with van der Waals surface area (Å²) in [6.07, 6.45) is 2.43. The minimum Gasteiger partial charge on any atom is -0.489 e. The summed E-state index contributed by atoms with van der Waals surface area (Å²) in [5, 5.41) is 0.462. The van der Waals surface area contributed by atoms with Crippen molar-refractivity contribution >= 4 is 17.9 Å². The van der Waals surface area contributed by atoms with Crippen LogP contribution >= 0.6 is 11.6 Å². The van der Waals surface area contributed by atoms with Crippen LogP contribution in [0.2, 0.25) is 5.02 Å². The van der Waals surface area contributed by atoms with E-state index >= 15 is 0 Å². The van der Waals surface area contributed by atoms with Crippen molar-refractivity contribution in [3.05, 3.63) is 40.4 Å². The molecule has 0 aromatic heterocycles. The van der Waals surface area contributed by atoms with Gasteiger partial charge in [0.05, 0.1) is 5.02 Å². The van der Waals surface area contributed by atoms with E-state index in [1.165, 1.54) is 0 Å². The zero-order valence-corrected chi connectivity index (χ0v) is 9.60. The summed E-state index contributed by atoms with van der Waals surface area (Å²) >= 11 is 6.05. The molecule has 0 fully saturated rings. The van der Waals surface area contributed by atoms with E-state index in [1.807, 2.05) is 19.9 Å². The molecular weight excluding hydrogens is 212 g/mol. The van der Waals surface area contributed by atoms with Crippen LogP contribution in [0.1, 0.15) is 21.5 Å². The molecule has 3 heteroatoms. The molecule has 80 valence electrons. The van der Waals surface area contributed by atoms with Gasteiger partial charge in [0.2, 0.25) is 0 Å². The third-order valence-electron chi connectivity index (χ3n) is 2.18. The summed E-state index contributed by atoms with van der Waals surface area (Å²) in [4.78, 5) is 10.8. The van der Waals surface area contributed by atoms with Crippen LogP contribution in [0.25, 0.3) is 0 Å². The Morgan fingerprint density at radius 2 is 2.20 bits per heavy atom. The van der Waals surface area contributed by atoms with E-state index in [0.717, 1.165) is 17.4 Å². The van der Waals surface area contributed by atoms with Gasteiger partial charge in [-0.15, -0.1) is 0 Å². The molecule has 1 rings (SSSR count). The van der Waals surface area contributed by atoms with E-state index in [4.69, 9.17) is 16.3 Å². The molecule has 0 aliphatic heterocycles. The van der Waals surface area contributed by atoms with Crippen LogP contribution in [0.3, 0.4) is 0 Å². The third kappa shape index (κ3) is 2.39. The zero-order chi connectivity index (χ0) is 11.4. The maximum absolute atomic E-state index is 10.8. The minimum atomic E-state index is 0.428. The summed E-state index contributed by atoms with van der Waals surface area (Å²) < 4.78 is 5.43. The van der Waals surface area contributed by atoms with E-state index in [9.17, 15) is 4.79 Å². The van der Waals surface area contributed by atoms with Gasteiger partial charge in [-0.05, 0) is 25.5 Å². The molecule has 0 bridgehead atoms. The van der Waals surface area contributed by atoms with Crippen molar-refractivity contribution < 1.29 is 9.53 Å². The van der Waals surface area contributed by atoms with Gasteiger partial charge in [0.25, 0.3) is 0 Å². The Hall–Kier alpha value is -1.28. The molecule has 2 nitrogen and oxygen atoms in total. The maximum atomic E-state index is 10.8. The van der Waals surface area contributed by atoms with Gasteiger partial charge in [-0.2, -0.15) is 0 Å². The fourth-order valence-corrected chi connectivity index (χ4v) is 1.60. The van der Waals surface area contributed by atoms with E-state index in [-0.39, 0.29) is 0 Å². The molecular formula is C12H13ClO2. The van der Waals surface area contributed by atoms with Crippen LogP contribution < -0.4 is 4.74 Å². The molecule has 15 heavy (non-hydrogen) atoms. The average molecular weight is 225 g/mol. The Labute approximate surface area is 94.5 Å². The number of hydrogen-bond acceptors (Lipinski definition) is 2. The average Bonchev–Trinajstić information content (AvgIpc) is 2.22. The Balaban J connectivity index is 3.20. The van der Waals surface area contributed by atoms with Gasteiger partial charge in [0, 0.05) is 11.1 Å². The number of rotatable bonds is 4. The lowest BCUT2D eigenvalue weighted by atomic mass is 10.1. The van der Waals surface area contributed by atoms with Gasteiger partial charge in [0.1, 0.15) is 12.4 Å². The molecule has 0 N–H and O–H groups in total. The smallest absolute Gasteiger partial charge is 0.151 e. The maximum Gasteiger partial charge on any atom is 0.151 e. The van der Waals surface area contributed by atoms with Gasteiger partial charge >= 0.3 is 0 Å². The lowest BCUT2D eigenvalue weighted by Crippen LogP contribution is -1.99. The second-order valence-electron chi connectivity index (χ2n) is 3.26. The molecule has 0 unspecified atom stereocenters. The molecule has 0 aliphatic carbocycles. The number of carbonyl (C=O) groups excluding carboxylic acids is 1. The molecule has 1 aromatic rings. The Morgan fingerprint density at radius 1 is 1.53 bits per heavy atom. The lowest BCUT2D eigenvalue weighted by Gasteiger charge is -2.12. The summed E-state index contributed by atoms with van der Waals surface area (Å²) in [7, 11) is 0. The molecule has 0 radical (unpaired) electrons. The van der Waals surface area contributed by atoms with Crippen LogP contribution in [0.5, 0.6) is 5.75 Å². The number of halogens is 1. The zero-order valence-electron chi connectivity index (χ0n) is 8.84. The van der Waals surface area contributed by atoms with Crippen LogP contribution in [-0.2, 0) is 0 Å². The molecule has 0 amide bonds. The second kappa shape index (κ2) is 4.99. The first-order valence-corrected chi connectivity index (χ1v) is 4.98. The summed E-state index contributed by atoms with van der Waals surface area (Å²) in [5.41, 5.74) is 2.13. The Bertz CT molecular complexity index is 397. The highest BCUT2D eigenvalue weighted by Gasteiger charge is 2.11. The molecule has 1 aromatic carbocycles. The normalized spacial score (nSPS) is 9.80. The molecule has 0 saturated heterocycles.